The predicted octanol–water partition coefficient (Wildman–Crippen LogP) is 2.80. The molecule has 130 valence electrons. The van der Waals surface area contributed by atoms with Gasteiger partial charge in [-0.15, -0.1) is 0 Å². The number of aromatic amines is 1. The van der Waals surface area contributed by atoms with Gasteiger partial charge in [-0.05, 0) is 36.4 Å². The highest BCUT2D eigenvalue weighted by Gasteiger charge is 2.11. The molecule has 0 saturated heterocycles. The minimum atomic E-state index is -0.301. The fourth-order valence-corrected chi connectivity index (χ4v) is 2.99. The van der Waals surface area contributed by atoms with Crippen LogP contribution in [0.1, 0.15) is 0 Å². The summed E-state index contributed by atoms with van der Waals surface area (Å²) in [4.78, 5) is 32.1. The van der Waals surface area contributed by atoms with Gasteiger partial charge in [0.05, 0.1) is 16.6 Å². The summed E-state index contributed by atoms with van der Waals surface area (Å²) in [6, 6.07) is 17.0. The number of fused-ring (bicyclic) bond motifs is 2. The monoisotopic (exact) mass is 355 g/mol. The Morgan fingerprint density at radius 2 is 1.89 bits per heavy atom. The zero-order chi connectivity index (χ0) is 18.2. The van der Waals surface area contributed by atoms with Crippen LogP contribution in [0.3, 0.4) is 0 Å². The van der Waals surface area contributed by atoms with Crippen LogP contribution in [0.15, 0.2) is 71.9 Å². The van der Waals surface area contributed by atoms with Gasteiger partial charge in [0.1, 0.15) is 6.33 Å². The van der Waals surface area contributed by atoms with Crippen LogP contribution in [0, 0.1) is 0 Å². The van der Waals surface area contributed by atoms with Crippen molar-refractivity contribution in [2.75, 3.05) is 5.32 Å². The van der Waals surface area contributed by atoms with Gasteiger partial charge in [0.15, 0.2) is 0 Å². The van der Waals surface area contributed by atoms with Gasteiger partial charge in [-0.1, -0.05) is 18.2 Å². The normalized spacial score (nSPS) is 11.1. The molecule has 0 aliphatic carbocycles. The number of nitrogens with one attached hydrogen (secondary N) is 2. The second kappa shape index (κ2) is 6.03. The van der Waals surface area contributed by atoms with Crippen molar-refractivity contribution in [2.24, 2.45) is 0 Å². The van der Waals surface area contributed by atoms with E-state index < -0.39 is 0 Å². The first-order valence-electron chi connectivity index (χ1n) is 8.29. The fraction of sp³-hybridized carbons (Fsp3) is 0. The molecule has 5 aromatic rings. The Morgan fingerprint density at radius 1 is 0.963 bits per heavy atom. The minimum absolute atomic E-state index is 0.248. The summed E-state index contributed by atoms with van der Waals surface area (Å²) in [7, 11) is 0. The maximum Gasteiger partial charge on any atom is 0.333 e. The Balaban J connectivity index is 1.55. The fourth-order valence-electron chi connectivity index (χ4n) is 2.99. The first-order chi connectivity index (χ1) is 13.3. The summed E-state index contributed by atoms with van der Waals surface area (Å²) in [5, 5.41) is 4.15. The number of nitrogens with zero attached hydrogens (tertiary/aromatic N) is 5. The van der Waals surface area contributed by atoms with Crippen molar-refractivity contribution < 1.29 is 0 Å². The van der Waals surface area contributed by atoms with Gasteiger partial charge in [-0.25, -0.2) is 19.3 Å². The lowest BCUT2D eigenvalue weighted by Gasteiger charge is -2.07. The van der Waals surface area contributed by atoms with Crippen molar-refractivity contribution in [3.63, 3.8) is 0 Å². The highest BCUT2D eigenvalue weighted by molar-refractivity contribution is 5.82. The number of rotatable bonds is 3. The molecular formula is C19H13N7O. The minimum Gasteiger partial charge on any atom is -0.324 e. The molecule has 0 amide bonds. The Labute approximate surface area is 152 Å². The highest BCUT2D eigenvalue weighted by Crippen LogP contribution is 2.20. The lowest BCUT2D eigenvalue weighted by Crippen LogP contribution is -2.18. The lowest BCUT2D eigenvalue weighted by molar-refractivity contribution is 0.886. The Hall–Kier alpha value is -4.07. The second-order valence-electron chi connectivity index (χ2n) is 5.93. The third-order valence-electron chi connectivity index (χ3n) is 4.21. The molecule has 0 radical (unpaired) electrons. The molecule has 2 aromatic carbocycles. The van der Waals surface area contributed by atoms with Crippen LogP contribution in [-0.4, -0.2) is 29.5 Å². The van der Waals surface area contributed by atoms with Gasteiger partial charge >= 0.3 is 5.69 Å². The van der Waals surface area contributed by atoms with Crippen molar-refractivity contribution >= 4 is 33.6 Å². The Bertz CT molecular complexity index is 1340. The molecule has 0 bridgehead atoms. The molecule has 0 atom stereocenters. The Kier molecular flexibility index (Phi) is 3.39. The van der Waals surface area contributed by atoms with Crippen LogP contribution >= 0.6 is 0 Å². The summed E-state index contributed by atoms with van der Waals surface area (Å²) in [5.74, 6) is 0.595. The molecule has 27 heavy (non-hydrogen) atoms. The number of pyridine rings is 1. The molecule has 0 spiro atoms. The van der Waals surface area contributed by atoms with Crippen LogP contribution in [0.25, 0.3) is 27.9 Å². The van der Waals surface area contributed by atoms with Gasteiger partial charge in [0.25, 0.3) is 0 Å². The SMILES string of the molecule is O=c1[nH]c2ccccc2n1-c1ncnc(Nc2ccc3ncccc3c2)n1. The van der Waals surface area contributed by atoms with Crippen molar-refractivity contribution in [3.8, 4) is 5.95 Å². The smallest absolute Gasteiger partial charge is 0.324 e. The van der Waals surface area contributed by atoms with Crippen LogP contribution in [0.4, 0.5) is 11.6 Å². The van der Waals surface area contributed by atoms with Gasteiger partial charge < -0.3 is 10.3 Å². The van der Waals surface area contributed by atoms with Gasteiger partial charge in [-0.2, -0.15) is 4.98 Å². The molecule has 8 nitrogen and oxygen atoms in total. The first-order valence-corrected chi connectivity index (χ1v) is 8.29. The molecule has 5 rings (SSSR count). The number of benzene rings is 2. The van der Waals surface area contributed by atoms with Crippen molar-refractivity contribution in [3.05, 3.63) is 77.6 Å². The van der Waals surface area contributed by atoms with Crippen LogP contribution in [-0.2, 0) is 0 Å². The maximum atomic E-state index is 12.3. The summed E-state index contributed by atoms with van der Waals surface area (Å²) in [6.07, 6.45) is 3.13. The van der Waals surface area contributed by atoms with E-state index >= 15 is 0 Å². The summed E-state index contributed by atoms with van der Waals surface area (Å²) in [5.41, 5.74) is 2.85. The van der Waals surface area contributed by atoms with Crippen molar-refractivity contribution in [2.45, 2.75) is 0 Å². The number of H-pyrrole nitrogens is 1. The molecule has 0 aliphatic heterocycles. The molecular weight excluding hydrogens is 342 g/mol. The number of hydrogen-bond acceptors (Lipinski definition) is 6. The van der Waals surface area contributed by atoms with E-state index in [2.05, 4.69) is 30.2 Å². The van der Waals surface area contributed by atoms with E-state index in [-0.39, 0.29) is 11.6 Å². The standard InChI is InChI=1S/C19H13N7O/c27-19-24-15-5-1-2-6-16(15)26(19)18-22-11-21-17(25-18)23-13-7-8-14-12(10-13)4-3-9-20-14/h1-11H,(H,24,27)(H,21,22,23,25). The van der Waals surface area contributed by atoms with Gasteiger partial charge in [-0.3, -0.25) is 4.98 Å². The summed E-state index contributed by atoms with van der Waals surface area (Å²) >= 11 is 0. The highest BCUT2D eigenvalue weighted by atomic mass is 16.1. The summed E-state index contributed by atoms with van der Waals surface area (Å²) in [6.45, 7) is 0. The third kappa shape index (κ3) is 2.69. The molecule has 0 fully saturated rings. The molecule has 8 heteroatoms. The molecule has 2 N–H and O–H groups in total. The average molecular weight is 355 g/mol. The van der Waals surface area contributed by atoms with E-state index in [1.807, 2.05) is 54.6 Å². The first kappa shape index (κ1) is 15.2. The number of aromatic nitrogens is 6. The number of anilines is 2. The van der Waals surface area contributed by atoms with E-state index in [9.17, 15) is 4.79 Å². The quantitative estimate of drug-likeness (QED) is 0.516. The number of para-hydroxylation sites is 2. The van der Waals surface area contributed by atoms with E-state index in [1.165, 1.54) is 10.9 Å². The predicted molar refractivity (Wildman–Crippen MR) is 102 cm³/mol. The average Bonchev–Trinajstić information content (AvgIpc) is 3.04. The van der Waals surface area contributed by atoms with Gasteiger partial charge in [0, 0.05) is 17.3 Å². The van der Waals surface area contributed by atoms with E-state index in [0.717, 1.165) is 22.1 Å². The van der Waals surface area contributed by atoms with Crippen LogP contribution in [0.5, 0.6) is 0 Å². The van der Waals surface area contributed by atoms with E-state index in [4.69, 9.17) is 0 Å². The Morgan fingerprint density at radius 3 is 2.85 bits per heavy atom. The zero-order valence-electron chi connectivity index (χ0n) is 14.0. The van der Waals surface area contributed by atoms with E-state index in [1.54, 1.807) is 6.20 Å². The zero-order valence-corrected chi connectivity index (χ0v) is 14.0. The molecule has 0 saturated carbocycles. The maximum absolute atomic E-state index is 12.3. The van der Waals surface area contributed by atoms with Crippen molar-refractivity contribution in [1.82, 2.24) is 29.5 Å². The number of hydrogen-bond donors (Lipinski definition) is 2. The second-order valence-corrected chi connectivity index (χ2v) is 5.93. The van der Waals surface area contributed by atoms with E-state index in [0.29, 0.717) is 11.5 Å². The van der Waals surface area contributed by atoms with Crippen molar-refractivity contribution in [1.29, 1.82) is 0 Å². The number of imidazole rings is 1. The molecule has 3 aromatic heterocycles. The third-order valence-corrected chi connectivity index (χ3v) is 4.21. The molecule has 3 heterocycles. The molecule has 0 unspecified atom stereocenters. The lowest BCUT2D eigenvalue weighted by atomic mass is 10.2. The van der Waals surface area contributed by atoms with Gasteiger partial charge in [0.2, 0.25) is 11.9 Å². The topological polar surface area (TPSA) is 101 Å². The molecule has 0 aliphatic rings. The van der Waals surface area contributed by atoms with Crippen LogP contribution < -0.4 is 11.0 Å². The largest absolute Gasteiger partial charge is 0.333 e. The summed E-state index contributed by atoms with van der Waals surface area (Å²) < 4.78 is 1.42. The van der Waals surface area contributed by atoms with Crippen LogP contribution in [0.2, 0.25) is 0 Å².